The summed E-state index contributed by atoms with van der Waals surface area (Å²) < 4.78 is 16.3. The van der Waals surface area contributed by atoms with Crippen molar-refractivity contribution in [2.75, 3.05) is 26.9 Å². The van der Waals surface area contributed by atoms with Crippen LogP contribution in [0.3, 0.4) is 0 Å². The van der Waals surface area contributed by atoms with Gasteiger partial charge in [0, 0.05) is 40.9 Å². The second kappa shape index (κ2) is 11.1. The average molecular weight is 496 g/mol. The van der Waals surface area contributed by atoms with Gasteiger partial charge in [-0.25, -0.2) is 4.79 Å². The number of dihydropyridines is 1. The third kappa shape index (κ3) is 5.44. The molecule has 1 heterocycles. The van der Waals surface area contributed by atoms with Gasteiger partial charge in [0.05, 0.1) is 19.3 Å². The molecule has 2 aromatic carbocycles. The van der Waals surface area contributed by atoms with Gasteiger partial charge < -0.3 is 19.5 Å². The summed E-state index contributed by atoms with van der Waals surface area (Å²) >= 11 is 6.06. The molecule has 2 aromatic rings. The summed E-state index contributed by atoms with van der Waals surface area (Å²) in [6, 6.07) is 15.1. The van der Waals surface area contributed by atoms with E-state index in [2.05, 4.69) is 5.32 Å². The second-order valence-electron chi connectivity index (χ2n) is 8.68. The SMILES string of the molecule is CCOCCOC(=O)C1=C(C)NC2=C(C(=O)C[C@@H](c3ccc(Cl)cc3)C2)[C@H]1c1cccc(OC)c1. The van der Waals surface area contributed by atoms with Gasteiger partial charge in [-0.1, -0.05) is 35.9 Å². The number of allylic oxidation sites excluding steroid dienone is 3. The van der Waals surface area contributed by atoms with Gasteiger partial charge in [0.15, 0.2) is 5.78 Å². The zero-order chi connectivity index (χ0) is 24.9. The lowest BCUT2D eigenvalue weighted by atomic mass is 9.71. The summed E-state index contributed by atoms with van der Waals surface area (Å²) in [5.41, 5.74) is 4.46. The Balaban J connectivity index is 1.72. The van der Waals surface area contributed by atoms with Gasteiger partial charge in [-0.15, -0.1) is 0 Å². The van der Waals surface area contributed by atoms with Crippen LogP contribution in [0, 0.1) is 0 Å². The van der Waals surface area contributed by atoms with Crippen LogP contribution in [0.2, 0.25) is 5.02 Å². The molecule has 2 atom stereocenters. The lowest BCUT2D eigenvalue weighted by Crippen LogP contribution is -2.36. The number of esters is 1. The van der Waals surface area contributed by atoms with Crippen molar-refractivity contribution in [3.8, 4) is 5.75 Å². The normalized spacial score (nSPS) is 19.8. The zero-order valence-electron chi connectivity index (χ0n) is 20.2. The van der Waals surface area contributed by atoms with E-state index in [0.717, 1.165) is 16.8 Å². The molecule has 7 heteroatoms. The van der Waals surface area contributed by atoms with Crippen LogP contribution in [-0.4, -0.2) is 38.7 Å². The van der Waals surface area contributed by atoms with Crippen molar-refractivity contribution in [3.63, 3.8) is 0 Å². The molecule has 0 saturated carbocycles. The van der Waals surface area contributed by atoms with Crippen molar-refractivity contribution in [1.82, 2.24) is 5.32 Å². The number of carbonyl (C=O) groups excluding carboxylic acids is 2. The van der Waals surface area contributed by atoms with Gasteiger partial charge >= 0.3 is 5.97 Å². The summed E-state index contributed by atoms with van der Waals surface area (Å²) in [5, 5.41) is 4.03. The first-order valence-electron chi connectivity index (χ1n) is 11.8. The summed E-state index contributed by atoms with van der Waals surface area (Å²) in [4.78, 5) is 26.9. The summed E-state index contributed by atoms with van der Waals surface area (Å²) in [5.74, 6) is -0.295. The fourth-order valence-electron chi connectivity index (χ4n) is 4.85. The molecule has 0 saturated heterocycles. The maximum Gasteiger partial charge on any atom is 0.336 e. The van der Waals surface area contributed by atoms with E-state index in [0.29, 0.717) is 53.7 Å². The van der Waals surface area contributed by atoms with Crippen LogP contribution in [-0.2, 0) is 19.1 Å². The Labute approximate surface area is 210 Å². The lowest BCUT2D eigenvalue weighted by molar-refractivity contribution is -0.140. The Morgan fingerprint density at radius 2 is 1.86 bits per heavy atom. The molecule has 0 radical (unpaired) electrons. The quantitative estimate of drug-likeness (QED) is 0.396. The number of rotatable bonds is 8. The first kappa shape index (κ1) is 25.0. The molecule has 0 bridgehead atoms. The Morgan fingerprint density at radius 3 is 2.57 bits per heavy atom. The van der Waals surface area contributed by atoms with Crippen molar-refractivity contribution < 1.29 is 23.8 Å². The number of Topliss-reactive ketones (excluding diaryl/α,β-unsaturated/α-hetero) is 1. The molecule has 1 N–H and O–H groups in total. The number of nitrogens with one attached hydrogen (secondary N) is 1. The predicted octanol–water partition coefficient (Wildman–Crippen LogP) is 5.29. The summed E-state index contributed by atoms with van der Waals surface area (Å²) in [6.45, 7) is 4.76. The van der Waals surface area contributed by atoms with Crippen LogP contribution in [0.25, 0.3) is 0 Å². The number of methoxy groups -OCH3 is 1. The highest BCUT2D eigenvalue weighted by molar-refractivity contribution is 6.30. The largest absolute Gasteiger partial charge is 0.497 e. The Bertz CT molecular complexity index is 1170. The van der Waals surface area contributed by atoms with E-state index in [-0.39, 0.29) is 18.3 Å². The number of hydrogen-bond acceptors (Lipinski definition) is 6. The standard InChI is InChI=1S/C28H30ClNO5/c1-4-34-12-13-35-28(32)25-17(2)30-23-15-20(18-8-10-21(29)11-9-18)16-24(31)27(23)26(25)19-6-5-7-22(14-19)33-3/h5-11,14,20,26,30H,4,12-13,15-16H2,1-3H3/t20-,26-/m0/s1. The summed E-state index contributed by atoms with van der Waals surface area (Å²) in [7, 11) is 1.60. The van der Waals surface area contributed by atoms with Gasteiger partial charge in [0.1, 0.15) is 12.4 Å². The van der Waals surface area contributed by atoms with Gasteiger partial charge in [0.2, 0.25) is 0 Å². The van der Waals surface area contributed by atoms with Gasteiger partial charge in [-0.05, 0) is 61.6 Å². The highest BCUT2D eigenvalue weighted by Crippen LogP contribution is 2.46. The first-order chi connectivity index (χ1) is 16.9. The van der Waals surface area contributed by atoms with Crippen LogP contribution in [0.1, 0.15) is 49.7 Å². The molecule has 184 valence electrons. The molecule has 1 aliphatic heterocycles. The van der Waals surface area contributed by atoms with E-state index in [4.69, 9.17) is 25.8 Å². The van der Waals surface area contributed by atoms with Crippen molar-refractivity contribution >= 4 is 23.4 Å². The van der Waals surface area contributed by atoms with Crippen LogP contribution >= 0.6 is 11.6 Å². The number of hydrogen-bond donors (Lipinski definition) is 1. The molecular weight excluding hydrogens is 466 g/mol. The molecular formula is C28H30ClNO5. The predicted molar refractivity (Wildman–Crippen MR) is 134 cm³/mol. The van der Waals surface area contributed by atoms with Crippen LogP contribution in [0.4, 0.5) is 0 Å². The second-order valence-corrected chi connectivity index (χ2v) is 9.11. The van der Waals surface area contributed by atoms with E-state index in [1.54, 1.807) is 7.11 Å². The van der Waals surface area contributed by atoms with Crippen LogP contribution in [0.15, 0.2) is 71.1 Å². The third-order valence-corrected chi connectivity index (χ3v) is 6.73. The van der Waals surface area contributed by atoms with Crippen LogP contribution in [0.5, 0.6) is 5.75 Å². The molecule has 0 spiro atoms. The topological polar surface area (TPSA) is 73.9 Å². The highest BCUT2D eigenvalue weighted by atomic mass is 35.5. The van der Waals surface area contributed by atoms with E-state index >= 15 is 0 Å². The molecule has 2 aliphatic rings. The van der Waals surface area contributed by atoms with E-state index in [1.165, 1.54) is 0 Å². The number of ketones is 1. The molecule has 1 aliphatic carbocycles. The Hall–Kier alpha value is -3.09. The van der Waals surface area contributed by atoms with Crippen molar-refractivity contribution in [2.45, 2.75) is 38.5 Å². The molecule has 35 heavy (non-hydrogen) atoms. The Morgan fingerprint density at radius 1 is 1.09 bits per heavy atom. The lowest BCUT2D eigenvalue weighted by Gasteiger charge is -2.36. The molecule has 0 amide bonds. The Kier molecular flexibility index (Phi) is 7.93. The van der Waals surface area contributed by atoms with E-state index in [9.17, 15) is 9.59 Å². The number of carbonyl (C=O) groups is 2. The van der Waals surface area contributed by atoms with Gasteiger partial charge in [0.25, 0.3) is 0 Å². The maximum atomic E-state index is 13.6. The smallest absolute Gasteiger partial charge is 0.336 e. The molecule has 0 fully saturated rings. The number of halogens is 1. The first-order valence-corrected chi connectivity index (χ1v) is 12.2. The van der Waals surface area contributed by atoms with Gasteiger partial charge in [-0.3, -0.25) is 4.79 Å². The monoisotopic (exact) mass is 495 g/mol. The van der Waals surface area contributed by atoms with E-state index < -0.39 is 11.9 Å². The minimum absolute atomic E-state index is 0.0126. The number of ether oxygens (including phenoxy) is 3. The van der Waals surface area contributed by atoms with E-state index in [1.807, 2.05) is 62.4 Å². The maximum absolute atomic E-state index is 13.6. The fourth-order valence-corrected chi connectivity index (χ4v) is 4.98. The van der Waals surface area contributed by atoms with Gasteiger partial charge in [-0.2, -0.15) is 0 Å². The zero-order valence-corrected chi connectivity index (χ0v) is 21.0. The average Bonchev–Trinajstić information content (AvgIpc) is 2.86. The molecule has 0 unspecified atom stereocenters. The molecule has 4 rings (SSSR count). The summed E-state index contributed by atoms with van der Waals surface area (Å²) in [6.07, 6.45) is 1.02. The van der Waals surface area contributed by atoms with Crippen molar-refractivity contribution in [1.29, 1.82) is 0 Å². The van der Waals surface area contributed by atoms with Crippen molar-refractivity contribution in [2.24, 2.45) is 0 Å². The highest BCUT2D eigenvalue weighted by Gasteiger charge is 2.41. The van der Waals surface area contributed by atoms with Crippen LogP contribution < -0.4 is 10.1 Å². The van der Waals surface area contributed by atoms with Crippen molar-refractivity contribution in [3.05, 3.63) is 87.2 Å². The number of benzene rings is 2. The third-order valence-electron chi connectivity index (χ3n) is 6.48. The minimum Gasteiger partial charge on any atom is -0.497 e. The molecule has 6 nitrogen and oxygen atoms in total. The molecule has 0 aromatic heterocycles. The minimum atomic E-state index is -0.542. The fraction of sp³-hybridized carbons (Fsp3) is 0.357.